The molecule has 1 aliphatic rings. The van der Waals surface area contributed by atoms with Crippen LogP contribution in [-0.4, -0.2) is 54.3 Å². The summed E-state index contributed by atoms with van der Waals surface area (Å²) in [5.41, 5.74) is 5.47. The van der Waals surface area contributed by atoms with Gasteiger partial charge in [0.25, 0.3) is 0 Å². The van der Waals surface area contributed by atoms with Gasteiger partial charge in [-0.15, -0.1) is 12.4 Å². The van der Waals surface area contributed by atoms with E-state index in [1.807, 2.05) is 0 Å². The Morgan fingerprint density at radius 3 is 2.53 bits per heavy atom. The lowest BCUT2D eigenvalue weighted by Gasteiger charge is -2.24. The quantitative estimate of drug-likeness (QED) is 0.698. The van der Waals surface area contributed by atoms with Gasteiger partial charge >= 0.3 is 0 Å². The predicted octanol–water partition coefficient (Wildman–Crippen LogP) is -0.555. The van der Waals surface area contributed by atoms with Crippen molar-refractivity contribution in [3.05, 3.63) is 0 Å². The first kappa shape index (κ1) is 14.2. The molecule has 2 amide bonds. The van der Waals surface area contributed by atoms with E-state index in [9.17, 15) is 9.59 Å². The van der Waals surface area contributed by atoms with Gasteiger partial charge in [-0.05, 0) is 13.3 Å². The van der Waals surface area contributed by atoms with Gasteiger partial charge in [-0.25, -0.2) is 0 Å². The Bertz CT molecular complexity index is 258. The van der Waals surface area contributed by atoms with Crippen molar-refractivity contribution in [2.75, 3.05) is 20.6 Å². The Kier molecular flexibility index (Phi) is 5.03. The van der Waals surface area contributed by atoms with Gasteiger partial charge in [-0.3, -0.25) is 9.59 Å². The van der Waals surface area contributed by atoms with Crippen LogP contribution < -0.4 is 5.73 Å². The minimum Gasteiger partial charge on any atom is -0.344 e. The molecule has 0 aromatic heterocycles. The summed E-state index contributed by atoms with van der Waals surface area (Å²) in [6.45, 7) is 2.34. The Labute approximate surface area is 96.0 Å². The van der Waals surface area contributed by atoms with Gasteiger partial charge in [0.1, 0.15) is 6.04 Å². The van der Waals surface area contributed by atoms with Crippen LogP contribution in [0.4, 0.5) is 0 Å². The molecule has 2 N–H and O–H groups in total. The fourth-order valence-electron chi connectivity index (χ4n) is 1.64. The molecule has 1 aliphatic heterocycles. The summed E-state index contributed by atoms with van der Waals surface area (Å²) in [7, 11) is 3.37. The van der Waals surface area contributed by atoms with Crippen LogP contribution in [0, 0.1) is 0 Å². The number of hydrogen-bond acceptors (Lipinski definition) is 3. The summed E-state index contributed by atoms with van der Waals surface area (Å²) in [5, 5.41) is 0. The van der Waals surface area contributed by atoms with Gasteiger partial charge in [0.05, 0.1) is 6.04 Å². The van der Waals surface area contributed by atoms with E-state index in [-0.39, 0.29) is 30.3 Å². The minimum absolute atomic E-state index is 0. The lowest BCUT2D eigenvalue weighted by atomic mass is 10.2. The average Bonchev–Trinajstić information content (AvgIpc) is 2.45. The van der Waals surface area contributed by atoms with Crippen LogP contribution in [0.25, 0.3) is 0 Å². The van der Waals surface area contributed by atoms with Gasteiger partial charge < -0.3 is 15.5 Å². The number of carbonyl (C=O) groups is 2. The smallest absolute Gasteiger partial charge is 0.245 e. The zero-order chi connectivity index (χ0) is 10.9. The van der Waals surface area contributed by atoms with E-state index >= 15 is 0 Å². The third-order valence-electron chi connectivity index (χ3n) is 2.60. The molecule has 0 bridgehead atoms. The first-order valence-electron chi connectivity index (χ1n) is 4.72. The molecule has 1 rings (SSSR count). The topological polar surface area (TPSA) is 66.6 Å². The molecule has 2 unspecified atom stereocenters. The molecule has 5 nitrogen and oxygen atoms in total. The molecule has 6 heteroatoms. The number of likely N-dealkylation sites (tertiary alicyclic amines) is 1. The Balaban J connectivity index is 0.00000196. The number of amides is 2. The first-order chi connectivity index (χ1) is 6.45. The standard InChI is InChI=1S/C9H17N3O2.ClH/c1-6(10)8(13)12(3)7-4-5-11(2)9(7)14;/h6-7H,4-5,10H2,1-3H3;1H. The molecule has 0 aromatic carbocycles. The van der Waals surface area contributed by atoms with Crippen molar-refractivity contribution in [1.29, 1.82) is 0 Å². The van der Waals surface area contributed by atoms with E-state index in [1.165, 1.54) is 4.90 Å². The van der Waals surface area contributed by atoms with Crippen LogP contribution in [0.3, 0.4) is 0 Å². The molecule has 0 aliphatic carbocycles. The van der Waals surface area contributed by atoms with Gasteiger partial charge in [0, 0.05) is 20.6 Å². The summed E-state index contributed by atoms with van der Waals surface area (Å²) in [6, 6.07) is -0.864. The van der Waals surface area contributed by atoms with Crippen molar-refractivity contribution in [3.63, 3.8) is 0 Å². The number of carbonyl (C=O) groups excluding carboxylic acids is 2. The molecule has 0 radical (unpaired) electrons. The fourth-order valence-corrected chi connectivity index (χ4v) is 1.64. The molecule has 1 fully saturated rings. The number of likely N-dealkylation sites (N-methyl/N-ethyl adjacent to an activating group) is 2. The van der Waals surface area contributed by atoms with Crippen molar-refractivity contribution in [3.8, 4) is 0 Å². The number of hydrogen-bond donors (Lipinski definition) is 1. The highest BCUT2D eigenvalue weighted by molar-refractivity contribution is 5.90. The maximum absolute atomic E-state index is 11.6. The maximum Gasteiger partial charge on any atom is 0.245 e. The molecule has 1 heterocycles. The van der Waals surface area contributed by atoms with Gasteiger partial charge in [0.2, 0.25) is 11.8 Å². The molecular formula is C9H18ClN3O2. The molecule has 1 saturated heterocycles. The second-order valence-electron chi connectivity index (χ2n) is 3.80. The lowest BCUT2D eigenvalue weighted by Crippen LogP contribution is -2.48. The van der Waals surface area contributed by atoms with E-state index in [2.05, 4.69) is 0 Å². The second kappa shape index (κ2) is 5.32. The van der Waals surface area contributed by atoms with E-state index in [0.29, 0.717) is 13.0 Å². The summed E-state index contributed by atoms with van der Waals surface area (Å²) in [6.07, 6.45) is 0.699. The average molecular weight is 236 g/mol. The second-order valence-corrected chi connectivity index (χ2v) is 3.80. The minimum atomic E-state index is -0.543. The van der Waals surface area contributed by atoms with Crippen LogP contribution in [0.2, 0.25) is 0 Å². The third-order valence-corrected chi connectivity index (χ3v) is 2.60. The normalized spacial score (nSPS) is 22.3. The van der Waals surface area contributed by atoms with Crippen LogP contribution in [0.15, 0.2) is 0 Å². The van der Waals surface area contributed by atoms with Crippen molar-refractivity contribution in [2.24, 2.45) is 5.73 Å². The maximum atomic E-state index is 11.6. The number of nitrogens with zero attached hydrogens (tertiary/aromatic N) is 2. The fraction of sp³-hybridized carbons (Fsp3) is 0.778. The Morgan fingerprint density at radius 2 is 2.20 bits per heavy atom. The number of rotatable bonds is 2. The van der Waals surface area contributed by atoms with Crippen molar-refractivity contribution in [1.82, 2.24) is 9.80 Å². The predicted molar refractivity (Wildman–Crippen MR) is 59.7 cm³/mol. The third kappa shape index (κ3) is 2.82. The van der Waals surface area contributed by atoms with Crippen LogP contribution in [-0.2, 0) is 9.59 Å². The van der Waals surface area contributed by atoms with Crippen LogP contribution in [0.1, 0.15) is 13.3 Å². The molecule has 0 saturated carbocycles. The van der Waals surface area contributed by atoms with Crippen molar-refractivity contribution >= 4 is 24.2 Å². The summed E-state index contributed by atoms with van der Waals surface area (Å²) in [4.78, 5) is 26.2. The summed E-state index contributed by atoms with van der Waals surface area (Å²) in [5.74, 6) is -0.180. The summed E-state index contributed by atoms with van der Waals surface area (Å²) < 4.78 is 0. The largest absolute Gasteiger partial charge is 0.344 e. The molecule has 15 heavy (non-hydrogen) atoms. The molecule has 88 valence electrons. The van der Waals surface area contributed by atoms with E-state index in [0.717, 1.165) is 0 Å². The number of halogens is 1. The van der Waals surface area contributed by atoms with Gasteiger partial charge in [0.15, 0.2) is 0 Å². The molecule has 0 aromatic rings. The number of nitrogens with two attached hydrogens (primary N) is 1. The van der Waals surface area contributed by atoms with Crippen LogP contribution in [0.5, 0.6) is 0 Å². The van der Waals surface area contributed by atoms with E-state index in [4.69, 9.17) is 5.73 Å². The van der Waals surface area contributed by atoms with Crippen LogP contribution >= 0.6 is 12.4 Å². The molecule has 0 spiro atoms. The highest BCUT2D eigenvalue weighted by atomic mass is 35.5. The monoisotopic (exact) mass is 235 g/mol. The Hall–Kier alpha value is -0.810. The highest BCUT2D eigenvalue weighted by Crippen LogP contribution is 2.14. The van der Waals surface area contributed by atoms with Gasteiger partial charge in [-0.1, -0.05) is 0 Å². The molecule has 2 atom stereocenters. The van der Waals surface area contributed by atoms with E-state index in [1.54, 1.807) is 25.9 Å². The SMILES string of the molecule is CC(N)C(=O)N(C)C1CCN(C)C1=O.Cl. The lowest BCUT2D eigenvalue weighted by molar-refractivity contribution is -0.140. The Morgan fingerprint density at radius 1 is 1.67 bits per heavy atom. The van der Waals surface area contributed by atoms with E-state index < -0.39 is 6.04 Å². The molecular weight excluding hydrogens is 218 g/mol. The van der Waals surface area contributed by atoms with Crippen molar-refractivity contribution in [2.45, 2.75) is 25.4 Å². The zero-order valence-corrected chi connectivity index (χ0v) is 10.1. The summed E-state index contributed by atoms with van der Waals surface area (Å²) >= 11 is 0. The zero-order valence-electron chi connectivity index (χ0n) is 9.27. The highest BCUT2D eigenvalue weighted by Gasteiger charge is 2.34. The van der Waals surface area contributed by atoms with Gasteiger partial charge in [-0.2, -0.15) is 0 Å². The first-order valence-corrected chi connectivity index (χ1v) is 4.72. The van der Waals surface area contributed by atoms with Crippen molar-refractivity contribution < 1.29 is 9.59 Å².